The molecule has 1 atom stereocenters. The van der Waals surface area contributed by atoms with Gasteiger partial charge in [0.1, 0.15) is 0 Å². The molecule has 3 rings (SSSR count). The molecule has 0 saturated carbocycles. The van der Waals surface area contributed by atoms with Crippen LogP contribution in [0.1, 0.15) is 48.4 Å². The van der Waals surface area contributed by atoms with Crippen LogP contribution in [-0.4, -0.2) is 0 Å². The molecule has 1 heteroatoms. The van der Waals surface area contributed by atoms with Crippen LogP contribution in [0.5, 0.6) is 0 Å². The van der Waals surface area contributed by atoms with Gasteiger partial charge in [-0.2, -0.15) is 0 Å². The second-order valence-corrected chi connectivity index (χ2v) is 6.24. The molecule has 1 unspecified atom stereocenters. The van der Waals surface area contributed by atoms with Gasteiger partial charge in [-0.3, -0.25) is 0 Å². The standard InChI is InChI=1S/C22H25N/c1-2-3-4-5-6-7-15-21(23)20-14-10-12-18-16-17-11-8-9-13-19(17)22(18)20/h2-6,8,10-12,14,21H,1,7,9,13,15-16,23H2/b4-3-,6-5?. The van der Waals surface area contributed by atoms with Crippen molar-refractivity contribution in [3.63, 3.8) is 0 Å². The highest BCUT2D eigenvalue weighted by Gasteiger charge is 2.25. The molecule has 0 radical (unpaired) electrons. The molecule has 1 nitrogen and oxygen atoms in total. The number of allylic oxidation sites excluding steroid dienone is 9. The summed E-state index contributed by atoms with van der Waals surface area (Å²) >= 11 is 0. The van der Waals surface area contributed by atoms with Crippen LogP contribution < -0.4 is 5.73 Å². The Morgan fingerprint density at radius 1 is 1.22 bits per heavy atom. The number of rotatable bonds is 6. The van der Waals surface area contributed by atoms with Crippen LogP contribution in [-0.2, 0) is 6.42 Å². The third-order valence-electron chi connectivity index (χ3n) is 4.67. The van der Waals surface area contributed by atoms with Crippen molar-refractivity contribution in [1.82, 2.24) is 0 Å². The highest BCUT2D eigenvalue weighted by atomic mass is 14.6. The fourth-order valence-corrected chi connectivity index (χ4v) is 3.56. The molecule has 2 N–H and O–H groups in total. The van der Waals surface area contributed by atoms with E-state index in [1.165, 1.54) is 27.8 Å². The van der Waals surface area contributed by atoms with Crippen LogP contribution >= 0.6 is 0 Å². The molecular weight excluding hydrogens is 278 g/mol. The lowest BCUT2D eigenvalue weighted by molar-refractivity contribution is 0.658. The van der Waals surface area contributed by atoms with Crippen LogP contribution in [0.25, 0.3) is 5.57 Å². The molecule has 0 heterocycles. The maximum Gasteiger partial charge on any atom is 0.0303 e. The van der Waals surface area contributed by atoms with E-state index in [1.54, 1.807) is 6.08 Å². The Balaban J connectivity index is 1.74. The predicted molar refractivity (Wildman–Crippen MR) is 100 cm³/mol. The minimum atomic E-state index is 0.107. The van der Waals surface area contributed by atoms with Gasteiger partial charge in [0.05, 0.1) is 0 Å². The molecule has 2 aliphatic rings. The van der Waals surface area contributed by atoms with E-state index in [0.717, 1.165) is 32.1 Å². The molecule has 23 heavy (non-hydrogen) atoms. The van der Waals surface area contributed by atoms with Gasteiger partial charge >= 0.3 is 0 Å². The van der Waals surface area contributed by atoms with E-state index in [-0.39, 0.29) is 6.04 Å². The molecule has 2 aliphatic carbocycles. The molecule has 0 saturated heterocycles. The Morgan fingerprint density at radius 3 is 3.00 bits per heavy atom. The van der Waals surface area contributed by atoms with Gasteiger partial charge in [-0.15, -0.1) is 0 Å². The molecule has 0 aliphatic heterocycles. The van der Waals surface area contributed by atoms with Gasteiger partial charge in [0.2, 0.25) is 0 Å². The second-order valence-electron chi connectivity index (χ2n) is 6.24. The minimum Gasteiger partial charge on any atom is -0.324 e. The Labute approximate surface area is 139 Å². The lowest BCUT2D eigenvalue weighted by Gasteiger charge is -2.18. The van der Waals surface area contributed by atoms with Crippen molar-refractivity contribution in [2.45, 2.75) is 38.1 Å². The summed E-state index contributed by atoms with van der Waals surface area (Å²) in [6, 6.07) is 6.76. The van der Waals surface area contributed by atoms with Gasteiger partial charge < -0.3 is 5.73 Å². The van der Waals surface area contributed by atoms with Gasteiger partial charge in [0, 0.05) is 6.04 Å². The SMILES string of the molecule is C=C/C=C\C=CCCC(N)c1cccc2c1C1=C(C=CCC1)C2. The van der Waals surface area contributed by atoms with Crippen molar-refractivity contribution < 1.29 is 0 Å². The summed E-state index contributed by atoms with van der Waals surface area (Å²) in [5.41, 5.74) is 13.8. The summed E-state index contributed by atoms with van der Waals surface area (Å²) < 4.78 is 0. The third kappa shape index (κ3) is 3.46. The molecule has 0 amide bonds. The van der Waals surface area contributed by atoms with Gasteiger partial charge in [-0.25, -0.2) is 0 Å². The number of hydrogen-bond donors (Lipinski definition) is 1. The van der Waals surface area contributed by atoms with E-state index in [4.69, 9.17) is 5.73 Å². The van der Waals surface area contributed by atoms with Gasteiger partial charge in [0.25, 0.3) is 0 Å². The number of fused-ring (bicyclic) bond motifs is 2. The molecule has 0 bridgehead atoms. The van der Waals surface area contributed by atoms with E-state index >= 15 is 0 Å². The number of benzene rings is 1. The summed E-state index contributed by atoms with van der Waals surface area (Å²) in [4.78, 5) is 0. The minimum absolute atomic E-state index is 0.107. The highest BCUT2D eigenvalue weighted by Crippen LogP contribution is 2.42. The van der Waals surface area contributed by atoms with Crippen LogP contribution in [0.2, 0.25) is 0 Å². The van der Waals surface area contributed by atoms with Crippen LogP contribution in [0.4, 0.5) is 0 Å². The van der Waals surface area contributed by atoms with Crippen molar-refractivity contribution in [2.75, 3.05) is 0 Å². The Bertz CT molecular complexity index is 701. The summed E-state index contributed by atoms with van der Waals surface area (Å²) in [7, 11) is 0. The fraction of sp³-hybridized carbons (Fsp3) is 0.273. The van der Waals surface area contributed by atoms with Crippen molar-refractivity contribution in [3.8, 4) is 0 Å². The molecule has 118 valence electrons. The first-order valence-corrected chi connectivity index (χ1v) is 8.52. The van der Waals surface area contributed by atoms with Crippen molar-refractivity contribution in [2.24, 2.45) is 5.73 Å². The monoisotopic (exact) mass is 303 g/mol. The first-order valence-electron chi connectivity index (χ1n) is 8.52. The summed E-state index contributed by atoms with van der Waals surface area (Å²) in [5.74, 6) is 0. The van der Waals surface area contributed by atoms with Crippen molar-refractivity contribution >= 4 is 5.57 Å². The lowest BCUT2D eigenvalue weighted by Crippen LogP contribution is -2.12. The normalized spacial score (nSPS) is 17.8. The summed E-state index contributed by atoms with van der Waals surface area (Å²) in [5, 5.41) is 0. The third-order valence-corrected chi connectivity index (χ3v) is 4.67. The predicted octanol–water partition coefficient (Wildman–Crippen LogP) is 5.42. The van der Waals surface area contributed by atoms with Gasteiger partial charge in [0.15, 0.2) is 0 Å². The number of hydrogen-bond acceptors (Lipinski definition) is 1. The van der Waals surface area contributed by atoms with Gasteiger partial charge in [-0.1, -0.05) is 67.3 Å². The summed E-state index contributed by atoms with van der Waals surface area (Å²) in [6.07, 6.45) is 19.9. The molecule has 0 fully saturated rings. The van der Waals surface area contributed by atoms with Crippen LogP contribution in [0.15, 0.2) is 72.9 Å². The van der Waals surface area contributed by atoms with Gasteiger partial charge in [-0.05, 0) is 59.9 Å². The van der Waals surface area contributed by atoms with Crippen molar-refractivity contribution in [3.05, 3.63) is 89.6 Å². The Kier molecular flexibility index (Phi) is 5.09. The zero-order valence-electron chi connectivity index (χ0n) is 13.7. The maximum atomic E-state index is 6.52. The average molecular weight is 303 g/mol. The van der Waals surface area contributed by atoms with E-state index in [2.05, 4.69) is 49.1 Å². The first-order chi connectivity index (χ1) is 11.3. The molecule has 1 aromatic rings. The van der Waals surface area contributed by atoms with Crippen molar-refractivity contribution in [1.29, 1.82) is 0 Å². The van der Waals surface area contributed by atoms with Crippen LogP contribution in [0, 0.1) is 0 Å². The quantitative estimate of drug-likeness (QED) is 0.697. The topological polar surface area (TPSA) is 26.0 Å². The van der Waals surface area contributed by atoms with E-state index in [0.29, 0.717) is 0 Å². The van der Waals surface area contributed by atoms with Crippen LogP contribution in [0.3, 0.4) is 0 Å². The summed E-state index contributed by atoms with van der Waals surface area (Å²) in [6.45, 7) is 3.66. The zero-order chi connectivity index (χ0) is 16.1. The fourth-order valence-electron chi connectivity index (χ4n) is 3.56. The van der Waals surface area contributed by atoms with E-state index in [1.807, 2.05) is 12.2 Å². The Morgan fingerprint density at radius 2 is 2.13 bits per heavy atom. The highest BCUT2D eigenvalue weighted by molar-refractivity contribution is 5.81. The zero-order valence-corrected chi connectivity index (χ0v) is 13.7. The average Bonchev–Trinajstić information content (AvgIpc) is 2.96. The molecular formula is C22H25N. The van der Waals surface area contributed by atoms with E-state index in [9.17, 15) is 0 Å². The number of nitrogens with two attached hydrogens (primary N) is 1. The van der Waals surface area contributed by atoms with E-state index < -0.39 is 0 Å². The molecule has 0 spiro atoms. The smallest absolute Gasteiger partial charge is 0.0303 e. The largest absolute Gasteiger partial charge is 0.324 e. The lowest BCUT2D eigenvalue weighted by atomic mass is 9.89. The molecule has 1 aromatic carbocycles. The first kappa shape index (κ1) is 15.8. The maximum absolute atomic E-state index is 6.52. The molecule has 0 aromatic heterocycles. The Hall–Kier alpha value is -2.12. The second kappa shape index (κ2) is 7.43.